The van der Waals surface area contributed by atoms with Crippen molar-refractivity contribution >= 4 is 26.9 Å². The number of fused-ring (bicyclic) bond motifs is 1. The summed E-state index contributed by atoms with van der Waals surface area (Å²) in [6.07, 6.45) is 10.0. The van der Waals surface area contributed by atoms with E-state index in [2.05, 4.69) is 58.3 Å². The highest BCUT2D eigenvalue weighted by Crippen LogP contribution is 2.33. The molecule has 2 aromatic heterocycles. The summed E-state index contributed by atoms with van der Waals surface area (Å²) in [6.45, 7) is 4.23. The average Bonchev–Trinajstić information content (AvgIpc) is 2.66. The number of aromatic nitrogens is 3. The van der Waals surface area contributed by atoms with Crippen LogP contribution in [0.4, 0.5) is 5.82 Å². The Labute approximate surface area is 115 Å². The van der Waals surface area contributed by atoms with E-state index in [1.165, 1.54) is 6.33 Å². The highest BCUT2D eigenvalue weighted by molar-refractivity contribution is 8.35. The zero-order valence-corrected chi connectivity index (χ0v) is 12.9. The molecule has 0 saturated heterocycles. The Bertz CT molecular complexity index is 668. The van der Waals surface area contributed by atoms with Gasteiger partial charge in [-0.1, -0.05) is 5.92 Å². The Morgan fingerprint density at radius 2 is 1.95 bits per heavy atom. The molecular weight excluding hydrogens is 256 g/mol. The molecule has 0 aromatic carbocycles. The van der Waals surface area contributed by atoms with Gasteiger partial charge < -0.3 is 10.3 Å². The fourth-order valence-corrected chi connectivity index (χ4v) is 2.22. The molecule has 0 aliphatic heterocycles. The average molecular weight is 276 g/mol. The second kappa shape index (κ2) is 4.78. The monoisotopic (exact) mass is 276 g/mol. The molecule has 0 aliphatic carbocycles. The van der Waals surface area contributed by atoms with E-state index in [4.69, 9.17) is 5.73 Å². The summed E-state index contributed by atoms with van der Waals surface area (Å²) in [6, 6.07) is 0.314. The van der Waals surface area contributed by atoms with Crippen LogP contribution in [0.25, 0.3) is 11.0 Å². The Morgan fingerprint density at radius 1 is 1.26 bits per heavy atom. The maximum atomic E-state index is 5.98. The maximum Gasteiger partial charge on any atom is 0.147 e. The molecule has 0 atom stereocenters. The van der Waals surface area contributed by atoms with Gasteiger partial charge in [-0.3, -0.25) is 0 Å². The van der Waals surface area contributed by atoms with E-state index in [1.54, 1.807) is 0 Å². The summed E-state index contributed by atoms with van der Waals surface area (Å²) in [4.78, 5) is 8.42. The molecule has 0 amide bonds. The van der Waals surface area contributed by atoms with Crippen molar-refractivity contribution in [3.05, 3.63) is 18.1 Å². The quantitative estimate of drug-likeness (QED) is 0.815. The van der Waals surface area contributed by atoms with Crippen molar-refractivity contribution < 1.29 is 0 Å². The smallest absolute Gasteiger partial charge is 0.147 e. The zero-order valence-electron chi connectivity index (χ0n) is 12.1. The molecule has 0 radical (unpaired) electrons. The maximum absolute atomic E-state index is 5.98. The molecule has 0 spiro atoms. The molecular formula is C14H20N4S. The summed E-state index contributed by atoms with van der Waals surface area (Å²) >= 11 is 0. The topological polar surface area (TPSA) is 56.7 Å². The molecule has 0 unspecified atom stereocenters. The Kier molecular flexibility index (Phi) is 3.46. The van der Waals surface area contributed by atoms with Crippen molar-refractivity contribution in [2.75, 3.05) is 24.5 Å². The van der Waals surface area contributed by atoms with Gasteiger partial charge in [0.1, 0.15) is 17.8 Å². The van der Waals surface area contributed by atoms with Gasteiger partial charge in [-0.15, -0.1) is 0 Å². The molecule has 2 rings (SSSR count). The Hall–Kier alpha value is -1.67. The van der Waals surface area contributed by atoms with Crippen LogP contribution in [-0.4, -0.2) is 33.3 Å². The van der Waals surface area contributed by atoms with Crippen molar-refractivity contribution in [3.63, 3.8) is 0 Å². The van der Waals surface area contributed by atoms with E-state index in [-0.39, 0.29) is 0 Å². The second-order valence-corrected chi connectivity index (χ2v) is 9.44. The predicted octanol–water partition coefficient (Wildman–Crippen LogP) is 2.60. The number of hydrogen-bond donors (Lipinski definition) is 1. The van der Waals surface area contributed by atoms with E-state index >= 15 is 0 Å². The Balaban J connectivity index is 2.70. The van der Waals surface area contributed by atoms with Crippen molar-refractivity contribution in [3.8, 4) is 11.2 Å². The van der Waals surface area contributed by atoms with Crippen molar-refractivity contribution in [2.45, 2.75) is 19.9 Å². The fraction of sp³-hybridized carbons (Fsp3) is 0.429. The van der Waals surface area contributed by atoms with Crippen LogP contribution in [0.3, 0.4) is 0 Å². The van der Waals surface area contributed by atoms with Crippen LogP contribution in [0.2, 0.25) is 0 Å². The molecule has 0 bridgehead atoms. The lowest BCUT2D eigenvalue weighted by molar-refractivity contribution is 0.617. The Morgan fingerprint density at radius 3 is 2.53 bits per heavy atom. The van der Waals surface area contributed by atoms with Crippen LogP contribution in [0.15, 0.2) is 12.5 Å². The molecule has 102 valence electrons. The molecule has 19 heavy (non-hydrogen) atoms. The number of hydrogen-bond acceptors (Lipinski definition) is 3. The van der Waals surface area contributed by atoms with Crippen LogP contribution < -0.4 is 5.73 Å². The van der Waals surface area contributed by atoms with Crippen LogP contribution in [0.1, 0.15) is 25.5 Å². The number of nitrogens with two attached hydrogens (primary N) is 1. The first kappa shape index (κ1) is 13.8. The molecule has 0 saturated carbocycles. The van der Waals surface area contributed by atoms with Crippen LogP contribution in [0.5, 0.6) is 0 Å². The van der Waals surface area contributed by atoms with E-state index < -0.39 is 10.0 Å². The lowest BCUT2D eigenvalue weighted by Crippen LogP contribution is -2.00. The predicted molar refractivity (Wildman–Crippen MR) is 84.6 cm³/mol. The van der Waals surface area contributed by atoms with Gasteiger partial charge in [0.2, 0.25) is 0 Å². The SMILES string of the molecule is CC(C)n1cc(C#CS(C)(C)C)c2c(N)ncnc21. The highest BCUT2D eigenvalue weighted by Gasteiger charge is 2.13. The van der Waals surface area contributed by atoms with Gasteiger partial charge in [-0.2, -0.15) is 10.0 Å². The first-order chi connectivity index (χ1) is 8.79. The highest BCUT2D eigenvalue weighted by atomic mass is 32.3. The van der Waals surface area contributed by atoms with E-state index in [9.17, 15) is 0 Å². The minimum atomic E-state index is -0.867. The summed E-state index contributed by atoms with van der Waals surface area (Å²) in [5.74, 6) is 3.75. The minimum absolute atomic E-state index is 0.314. The van der Waals surface area contributed by atoms with E-state index in [0.717, 1.165) is 16.6 Å². The molecule has 2 heterocycles. The normalized spacial score (nSPS) is 12.5. The molecule has 2 N–H and O–H groups in total. The van der Waals surface area contributed by atoms with Crippen LogP contribution in [0, 0.1) is 11.2 Å². The third-order valence-electron chi connectivity index (χ3n) is 2.69. The van der Waals surface area contributed by atoms with Gasteiger partial charge in [0.25, 0.3) is 0 Å². The minimum Gasteiger partial charge on any atom is -0.383 e. The van der Waals surface area contributed by atoms with Crippen molar-refractivity contribution in [1.29, 1.82) is 0 Å². The molecule has 5 heteroatoms. The standard InChI is InChI=1S/C14H20N4S/c1-10(2)18-8-11(6-7-19(3,4)5)12-13(15)16-9-17-14(12)18/h8-10H,1-5H3,(H2,15,16,17). The van der Waals surface area contributed by atoms with Gasteiger partial charge >= 0.3 is 0 Å². The third-order valence-corrected chi connectivity index (χ3v) is 3.40. The number of nitrogen functional groups attached to an aromatic ring is 1. The molecule has 4 nitrogen and oxygen atoms in total. The summed E-state index contributed by atoms with van der Waals surface area (Å²) in [7, 11) is -0.867. The van der Waals surface area contributed by atoms with Crippen molar-refractivity contribution in [1.82, 2.24) is 14.5 Å². The van der Waals surface area contributed by atoms with E-state index in [0.29, 0.717) is 11.9 Å². The van der Waals surface area contributed by atoms with Gasteiger partial charge in [-0.25, -0.2) is 9.97 Å². The van der Waals surface area contributed by atoms with Gasteiger partial charge in [0.15, 0.2) is 0 Å². The number of nitrogens with zero attached hydrogens (tertiary/aromatic N) is 3. The zero-order chi connectivity index (χ0) is 14.2. The van der Waals surface area contributed by atoms with Gasteiger partial charge in [0, 0.05) is 12.2 Å². The molecule has 2 aromatic rings. The molecule has 0 fully saturated rings. The van der Waals surface area contributed by atoms with Crippen LogP contribution in [-0.2, 0) is 0 Å². The van der Waals surface area contributed by atoms with Crippen molar-refractivity contribution in [2.24, 2.45) is 0 Å². The summed E-state index contributed by atoms with van der Waals surface area (Å²) in [5.41, 5.74) is 7.76. The summed E-state index contributed by atoms with van der Waals surface area (Å²) in [5, 5.41) is 4.19. The lowest BCUT2D eigenvalue weighted by atomic mass is 10.2. The lowest BCUT2D eigenvalue weighted by Gasteiger charge is -2.14. The fourth-order valence-electron chi connectivity index (χ4n) is 1.80. The summed E-state index contributed by atoms with van der Waals surface area (Å²) < 4.78 is 2.09. The third kappa shape index (κ3) is 2.85. The number of rotatable bonds is 1. The van der Waals surface area contributed by atoms with Crippen LogP contribution >= 0.6 is 10.0 Å². The first-order valence-corrected chi connectivity index (χ1v) is 8.97. The van der Waals surface area contributed by atoms with E-state index in [1.807, 2.05) is 6.20 Å². The van der Waals surface area contributed by atoms with Gasteiger partial charge in [0.05, 0.1) is 10.9 Å². The second-order valence-electron chi connectivity index (χ2n) is 5.57. The largest absolute Gasteiger partial charge is 0.383 e. The molecule has 0 aliphatic rings. The first-order valence-electron chi connectivity index (χ1n) is 6.11. The van der Waals surface area contributed by atoms with Gasteiger partial charge in [-0.05, 0) is 37.9 Å². The number of anilines is 1.